The molecular weight excluding hydrogens is 423 g/mol. The van der Waals surface area contributed by atoms with Crippen LogP contribution < -0.4 is 10.2 Å². The number of rotatable bonds is 3. The second-order valence-electron chi connectivity index (χ2n) is 7.98. The van der Waals surface area contributed by atoms with Crippen LogP contribution in [-0.2, 0) is 9.59 Å². The summed E-state index contributed by atoms with van der Waals surface area (Å²) in [5, 5.41) is 3.55. The van der Waals surface area contributed by atoms with Crippen molar-refractivity contribution in [2.75, 3.05) is 10.2 Å². The first-order chi connectivity index (χ1) is 14.4. The molecule has 2 aromatic rings. The molecule has 4 atom stereocenters. The van der Waals surface area contributed by atoms with Gasteiger partial charge in [0.05, 0.1) is 28.2 Å². The van der Waals surface area contributed by atoms with Gasteiger partial charge < -0.3 is 5.32 Å². The number of halogens is 2. The van der Waals surface area contributed by atoms with Crippen molar-refractivity contribution in [1.29, 1.82) is 0 Å². The topological polar surface area (TPSA) is 66.5 Å². The van der Waals surface area contributed by atoms with Gasteiger partial charge in [-0.1, -0.05) is 35.4 Å². The van der Waals surface area contributed by atoms with Crippen LogP contribution in [0, 0.1) is 23.7 Å². The maximum absolute atomic E-state index is 13.0. The largest absolute Gasteiger partial charge is 0.321 e. The van der Waals surface area contributed by atoms with Crippen molar-refractivity contribution in [1.82, 2.24) is 0 Å². The third-order valence-electron chi connectivity index (χ3n) is 6.33. The van der Waals surface area contributed by atoms with Gasteiger partial charge in [-0.15, -0.1) is 0 Å². The minimum Gasteiger partial charge on any atom is -0.321 e. The number of anilines is 2. The molecule has 3 amide bonds. The van der Waals surface area contributed by atoms with Crippen LogP contribution in [0.5, 0.6) is 0 Å². The normalized spacial score (nSPS) is 26.8. The van der Waals surface area contributed by atoms with E-state index in [9.17, 15) is 14.4 Å². The minimum absolute atomic E-state index is 0.130. The Bertz CT molecular complexity index is 1060. The fourth-order valence-corrected chi connectivity index (χ4v) is 5.33. The van der Waals surface area contributed by atoms with Crippen LogP contribution >= 0.6 is 23.2 Å². The molecule has 4 aliphatic rings. The molecule has 7 heteroatoms. The lowest BCUT2D eigenvalue weighted by molar-refractivity contribution is -0.124. The van der Waals surface area contributed by atoms with Crippen molar-refractivity contribution in [3.05, 3.63) is 70.2 Å². The summed E-state index contributed by atoms with van der Waals surface area (Å²) in [7, 11) is 0. The third kappa shape index (κ3) is 3.04. The first-order valence-corrected chi connectivity index (χ1v) is 10.6. The Kier molecular flexibility index (Phi) is 4.68. The average Bonchev–Trinajstić information content (AvgIpc) is 3.03. The van der Waals surface area contributed by atoms with Crippen molar-refractivity contribution >= 4 is 52.3 Å². The summed E-state index contributed by atoms with van der Waals surface area (Å²) in [6.45, 7) is 0. The van der Waals surface area contributed by atoms with E-state index >= 15 is 0 Å². The fraction of sp³-hybridized carbons (Fsp3) is 0.261. The molecule has 0 radical (unpaired) electrons. The maximum atomic E-state index is 13.0. The van der Waals surface area contributed by atoms with Crippen molar-refractivity contribution in [2.24, 2.45) is 23.7 Å². The molecule has 1 heterocycles. The number of nitrogens with zero attached hydrogens (tertiary/aromatic N) is 1. The van der Waals surface area contributed by atoms with E-state index in [-0.39, 0.29) is 41.4 Å². The number of imide groups is 1. The third-order valence-corrected chi connectivity index (χ3v) is 6.87. The van der Waals surface area contributed by atoms with E-state index in [2.05, 4.69) is 17.5 Å². The highest BCUT2D eigenvalue weighted by molar-refractivity contribution is 6.36. The summed E-state index contributed by atoms with van der Waals surface area (Å²) in [4.78, 5) is 39.9. The predicted octanol–water partition coefficient (Wildman–Crippen LogP) is 4.95. The molecule has 1 saturated carbocycles. The van der Waals surface area contributed by atoms with Gasteiger partial charge in [0.1, 0.15) is 0 Å². The Hall–Kier alpha value is -2.63. The van der Waals surface area contributed by atoms with E-state index in [0.717, 1.165) is 12.8 Å². The molecule has 0 spiro atoms. The van der Waals surface area contributed by atoms with Crippen LogP contribution in [0.2, 0.25) is 10.0 Å². The Balaban J connectivity index is 1.36. The highest BCUT2D eigenvalue weighted by Gasteiger charge is 2.56. The molecule has 1 N–H and O–H groups in total. The Morgan fingerprint density at radius 3 is 2.03 bits per heavy atom. The zero-order valence-corrected chi connectivity index (χ0v) is 17.4. The van der Waals surface area contributed by atoms with Gasteiger partial charge in [-0.3, -0.25) is 19.3 Å². The van der Waals surface area contributed by atoms with E-state index < -0.39 is 0 Å². The lowest BCUT2D eigenvalue weighted by atomic mass is 9.63. The smallest absolute Gasteiger partial charge is 0.255 e. The van der Waals surface area contributed by atoms with Gasteiger partial charge in [-0.2, -0.15) is 0 Å². The maximum Gasteiger partial charge on any atom is 0.255 e. The Labute approximate surface area is 183 Å². The average molecular weight is 441 g/mol. The molecule has 1 aliphatic heterocycles. The molecule has 152 valence electrons. The molecule has 5 nitrogen and oxygen atoms in total. The molecule has 4 unspecified atom stereocenters. The number of carbonyl (C=O) groups excluding carboxylic acids is 3. The van der Waals surface area contributed by atoms with Crippen LogP contribution in [-0.4, -0.2) is 17.7 Å². The van der Waals surface area contributed by atoms with E-state index in [1.165, 1.54) is 4.90 Å². The van der Waals surface area contributed by atoms with Crippen molar-refractivity contribution in [3.63, 3.8) is 0 Å². The van der Waals surface area contributed by atoms with Crippen molar-refractivity contribution in [2.45, 2.75) is 12.8 Å². The van der Waals surface area contributed by atoms with E-state index in [1.54, 1.807) is 42.5 Å². The lowest BCUT2D eigenvalue weighted by Gasteiger charge is -2.38. The van der Waals surface area contributed by atoms with E-state index in [4.69, 9.17) is 23.2 Å². The zero-order valence-electron chi connectivity index (χ0n) is 15.8. The van der Waals surface area contributed by atoms with Crippen LogP contribution in [0.15, 0.2) is 54.6 Å². The number of nitrogens with one attached hydrogen (secondary N) is 1. The van der Waals surface area contributed by atoms with Gasteiger partial charge in [-0.25, -0.2) is 0 Å². The summed E-state index contributed by atoms with van der Waals surface area (Å²) in [5.74, 6) is -0.817. The number of amides is 3. The van der Waals surface area contributed by atoms with Gasteiger partial charge in [-0.05, 0) is 67.1 Å². The van der Waals surface area contributed by atoms with Crippen LogP contribution in [0.3, 0.4) is 0 Å². The standard InChI is InChI=1S/C23H18Cl2N2O3/c24-15-7-10-18(17(25)11-15)26-21(28)14-5-8-16(9-6-14)27-22(29)19-12-1-2-13(4-3-12)20(19)23(27)30/h1-2,5-13,19-20H,3-4H2,(H,26,28). The first kappa shape index (κ1) is 19.3. The second-order valence-corrected chi connectivity index (χ2v) is 8.82. The number of carbonyl (C=O) groups is 3. The van der Waals surface area contributed by atoms with Crippen LogP contribution in [0.4, 0.5) is 11.4 Å². The molecule has 6 rings (SSSR count). The molecule has 3 aliphatic carbocycles. The van der Waals surface area contributed by atoms with Crippen molar-refractivity contribution in [3.8, 4) is 0 Å². The van der Waals surface area contributed by atoms with E-state index in [1.807, 2.05) is 0 Å². The Morgan fingerprint density at radius 1 is 0.900 bits per heavy atom. The Morgan fingerprint density at radius 2 is 1.50 bits per heavy atom. The summed E-state index contributed by atoms with van der Waals surface area (Å²) in [5.41, 5.74) is 1.34. The van der Waals surface area contributed by atoms with Crippen molar-refractivity contribution < 1.29 is 14.4 Å². The van der Waals surface area contributed by atoms with Gasteiger partial charge in [0, 0.05) is 10.6 Å². The van der Waals surface area contributed by atoms with Gasteiger partial charge in [0.2, 0.25) is 11.8 Å². The first-order valence-electron chi connectivity index (χ1n) is 9.86. The molecule has 2 fully saturated rings. The summed E-state index contributed by atoms with van der Waals surface area (Å²) < 4.78 is 0. The number of allylic oxidation sites excluding steroid dienone is 2. The fourth-order valence-electron chi connectivity index (χ4n) is 4.88. The molecule has 30 heavy (non-hydrogen) atoms. The zero-order chi connectivity index (χ0) is 21.0. The van der Waals surface area contributed by atoms with E-state index in [0.29, 0.717) is 27.0 Å². The minimum atomic E-state index is -0.347. The van der Waals surface area contributed by atoms with Gasteiger partial charge in [0.15, 0.2) is 0 Å². The number of fused-ring (bicyclic) bond motifs is 1. The number of benzene rings is 2. The van der Waals surface area contributed by atoms with Crippen LogP contribution in [0.25, 0.3) is 0 Å². The number of hydrogen-bond donors (Lipinski definition) is 1. The van der Waals surface area contributed by atoms with Gasteiger partial charge in [0.25, 0.3) is 5.91 Å². The number of hydrogen-bond acceptors (Lipinski definition) is 3. The molecule has 2 aromatic carbocycles. The summed E-state index contributed by atoms with van der Waals surface area (Å²) in [6.07, 6.45) is 6.11. The molecule has 1 saturated heterocycles. The van der Waals surface area contributed by atoms with Gasteiger partial charge >= 0.3 is 0 Å². The highest BCUT2D eigenvalue weighted by atomic mass is 35.5. The van der Waals surface area contributed by atoms with Crippen LogP contribution in [0.1, 0.15) is 23.2 Å². The molecule has 0 aromatic heterocycles. The SMILES string of the molecule is O=C(Nc1ccc(Cl)cc1Cl)c1ccc(N2C(=O)C3C4C=CC(CC4)C3C2=O)cc1. The highest BCUT2D eigenvalue weighted by Crippen LogP contribution is 2.50. The molecular formula is C23H18Cl2N2O3. The summed E-state index contributed by atoms with van der Waals surface area (Å²) in [6, 6.07) is 11.3. The predicted molar refractivity (Wildman–Crippen MR) is 116 cm³/mol. The lowest BCUT2D eigenvalue weighted by Crippen LogP contribution is -2.38. The second kappa shape index (κ2) is 7.25. The summed E-state index contributed by atoms with van der Waals surface area (Å²) >= 11 is 12.0. The monoisotopic (exact) mass is 440 g/mol. The molecule has 2 bridgehead atoms. The quantitative estimate of drug-likeness (QED) is 0.542.